The highest BCUT2D eigenvalue weighted by atomic mass is 79.9. The van der Waals surface area contributed by atoms with E-state index >= 15 is 0 Å². The average Bonchev–Trinajstić information content (AvgIpc) is 3.13. The van der Waals surface area contributed by atoms with E-state index in [-0.39, 0.29) is 37.8 Å². The Hall–Kier alpha value is -2.67. The smallest absolute Gasteiger partial charge is 0.306 e. The summed E-state index contributed by atoms with van der Waals surface area (Å²) in [5.74, 6) is 0.624. The minimum absolute atomic E-state index is 0.119. The molecule has 3 rings (SSSR count). The number of carbonyl (C=O) groups excluding carboxylic acids is 1. The molecule has 2 aromatic carbocycles. The van der Waals surface area contributed by atoms with E-state index in [0.29, 0.717) is 23.0 Å². The van der Waals surface area contributed by atoms with Crippen LogP contribution in [0.3, 0.4) is 0 Å². The number of ether oxygens (including phenoxy) is 2. The highest BCUT2D eigenvalue weighted by Gasteiger charge is 2.12. The van der Waals surface area contributed by atoms with Gasteiger partial charge in [-0.3, -0.25) is 4.79 Å². The van der Waals surface area contributed by atoms with Gasteiger partial charge in [0.15, 0.2) is 11.7 Å². The van der Waals surface area contributed by atoms with Crippen molar-refractivity contribution in [2.24, 2.45) is 0 Å². The summed E-state index contributed by atoms with van der Waals surface area (Å²) in [5.41, 5.74) is 0.337. The molecule has 0 spiro atoms. The third-order valence-corrected chi connectivity index (χ3v) is 4.14. The number of aromatic nitrogens is 1. The second kappa shape index (κ2) is 9.32. The lowest BCUT2D eigenvalue weighted by Gasteiger charge is -2.07. The van der Waals surface area contributed by atoms with Gasteiger partial charge in [0.1, 0.15) is 24.8 Å². The summed E-state index contributed by atoms with van der Waals surface area (Å²) < 4.78 is 30.8. The van der Waals surface area contributed by atoms with Crippen LogP contribution in [0.5, 0.6) is 5.75 Å². The Balaban J connectivity index is 1.40. The first-order chi connectivity index (χ1) is 13.1. The molecule has 0 radical (unpaired) electrons. The maximum absolute atomic E-state index is 13.7. The quantitative estimate of drug-likeness (QED) is 0.377. The Kier molecular flexibility index (Phi) is 6.59. The van der Waals surface area contributed by atoms with E-state index in [9.17, 15) is 9.18 Å². The topological polar surface area (TPSA) is 61.6 Å². The summed E-state index contributed by atoms with van der Waals surface area (Å²) in [5, 5.41) is 0. The van der Waals surface area contributed by atoms with Gasteiger partial charge in [-0.1, -0.05) is 34.1 Å². The first-order valence-electron chi connectivity index (χ1n) is 8.35. The van der Waals surface area contributed by atoms with Gasteiger partial charge in [-0.05, 0) is 30.3 Å². The van der Waals surface area contributed by atoms with E-state index in [1.807, 2.05) is 24.3 Å². The summed E-state index contributed by atoms with van der Waals surface area (Å²) in [4.78, 5) is 15.9. The molecule has 0 saturated heterocycles. The van der Waals surface area contributed by atoms with E-state index in [2.05, 4.69) is 20.9 Å². The standard InChI is InChI=1S/C20H17BrFNO4/c21-14-4-3-5-15(12-14)25-10-11-26-20(24)9-8-19-23-13-18(27-19)16-6-1-2-7-17(16)22/h1-7,12-13H,8-11H2. The summed E-state index contributed by atoms with van der Waals surface area (Å²) in [6.07, 6.45) is 1.85. The van der Waals surface area contributed by atoms with E-state index < -0.39 is 0 Å². The van der Waals surface area contributed by atoms with Gasteiger partial charge in [-0.25, -0.2) is 9.37 Å². The fourth-order valence-corrected chi connectivity index (χ4v) is 2.74. The van der Waals surface area contributed by atoms with Crippen LogP contribution in [0.25, 0.3) is 11.3 Å². The van der Waals surface area contributed by atoms with Crippen LogP contribution in [0, 0.1) is 5.82 Å². The summed E-state index contributed by atoms with van der Waals surface area (Å²) in [6.45, 7) is 0.413. The van der Waals surface area contributed by atoms with Crippen LogP contribution in [0.1, 0.15) is 12.3 Å². The summed E-state index contributed by atoms with van der Waals surface area (Å²) >= 11 is 3.36. The van der Waals surface area contributed by atoms with Crippen molar-refractivity contribution in [2.75, 3.05) is 13.2 Å². The van der Waals surface area contributed by atoms with Gasteiger partial charge in [0.2, 0.25) is 0 Å². The Bertz CT molecular complexity index is 912. The van der Waals surface area contributed by atoms with Crippen LogP contribution < -0.4 is 4.74 Å². The molecule has 140 valence electrons. The van der Waals surface area contributed by atoms with Crippen LogP contribution in [-0.2, 0) is 16.0 Å². The second-order valence-corrected chi connectivity index (χ2v) is 6.54. The molecule has 0 aliphatic carbocycles. The third kappa shape index (κ3) is 5.65. The molecule has 5 nitrogen and oxygen atoms in total. The van der Waals surface area contributed by atoms with Crippen molar-refractivity contribution in [1.29, 1.82) is 0 Å². The highest BCUT2D eigenvalue weighted by Crippen LogP contribution is 2.23. The third-order valence-electron chi connectivity index (χ3n) is 3.65. The lowest BCUT2D eigenvalue weighted by Crippen LogP contribution is -2.12. The number of nitrogens with zero attached hydrogens (tertiary/aromatic N) is 1. The minimum Gasteiger partial charge on any atom is -0.490 e. The number of rotatable bonds is 8. The monoisotopic (exact) mass is 433 g/mol. The number of oxazole rings is 1. The van der Waals surface area contributed by atoms with Gasteiger partial charge >= 0.3 is 5.97 Å². The van der Waals surface area contributed by atoms with E-state index in [1.54, 1.807) is 18.2 Å². The first kappa shape index (κ1) is 19.1. The zero-order chi connectivity index (χ0) is 19.1. The predicted octanol–water partition coefficient (Wildman–Crippen LogP) is 4.80. The molecular weight excluding hydrogens is 417 g/mol. The van der Waals surface area contributed by atoms with Gasteiger partial charge in [0, 0.05) is 10.9 Å². The number of hydrogen-bond acceptors (Lipinski definition) is 5. The Morgan fingerprint density at radius 1 is 1.15 bits per heavy atom. The number of halogens is 2. The van der Waals surface area contributed by atoms with E-state index in [1.165, 1.54) is 12.3 Å². The van der Waals surface area contributed by atoms with Crippen molar-refractivity contribution < 1.29 is 23.1 Å². The molecule has 0 saturated carbocycles. The van der Waals surface area contributed by atoms with Crippen molar-refractivity contribution in [2.45, 2.75) is 12.8 Å². The van der Waals surface area contributed by atoms with Crippen molar-refractivity contribution >= 4 is 21.9 Å². The van der Waals surface area contributed by atoms with Crippen LogP contribution in [0.2, 0.25) is 0 Å². The Labute approximate surface area is 164 Å². The second-order valence-electron chi connectivity index (χ2n) is 5.62. The maximum Gasteiger partial charge on any atom is 0.306 e. The van der Waals surface area contributed by atoms with E-state index in [0.717, 1.165) is 4.47 Å². The lowest BCUT2D eigenvalue weighted by atomic mass is 10.2. The van der Waals surface area contributed by atoms with Crippen LogP contribution in [0.4, 0.5) is 4.39 Å². The fourth-order valence-electron chi connectivity index (χ4n) is 2.36. The summed E-state index contributed by atoms with van der Waals surface area (Å²) in [7, 11) is 0. The molecule has 1 aromatic heterocycles. The average molecular weight is 434 g/mol. The van der Waals surface area contributed by atoms with Crippen LogP contribution in [0.15, 0.2) is 63.6 Å². The molecule has 0 aliphatic heterocycles. The Morgan fingerprint density at radius 3 is 2.81 bits per heavy atom. The molecule has 0 bridgehead atoms. The van der Waals surface area contributed by atoms with Crippen molar-refractivity contribution in [3.63, 3.8) is 0 Å². The SMILES string of the molecule is O=C(CCc1ncc(-c2ccccc2F)o1)OCCOc1cccc(Br)c1. The number of esters is 1. The highest BCUT2D eigenvalue weighted by molar-refractivity contribution is 9.10. The van der Waals surface area contributed by atoms with E-state index in [4.69, 9.17) is 13.9 Å². The normalized spacial score (nSPS) is 10.6. The molecule has 0 fully saturated rings. The van der Waals surface area contributed by atoms with Gasteiger partial charge in [-0.2, -0.15) is 0 Å². The number of benzene rings is 2. The lowest BCUT2D eigenvalue weighted by molar-refractivity contribution is -0.144. The van der Waals surface area contributed by atoms with Crippen LogP contribution >= 0.6 is 15.9 Å². The molecular formula is C20H17BrFNO4. The fraction of sp³-hybridized carbons (Fsp3) is 0.200. The van der Waals surface area contributed by atoms with Crippen molar-refractivity contribution in [1.82, 2.24) is 4.98 Å². The van der Waals surface area contributed by atoms with Gasteiger partial charge in [0.25, 0.3) is 0 Å². The van der Waals surface area contributed by atoms with Crippen LogP contribution in [-0.4, -0.2) is 24.2 Å². The van der Waals surface area contributed by atoms with Gasteiger partial charge < -0.3 is 13.9 Å². The van der Waals surface area contributed by atoms with Gasteiger partial charge in [-0.15, -0.1) is 0 Å². The minimum atomic E-state index is -0.384. The molecule has 7 heteroatoms. The van der Waals surface area contributed by atoms with Crippen molar-refractivity contribution in [3.05, 3.63) is 70.9 Å². The molecule has 1 heterocycles. The number of carbonyl (C=O) groups is 1. The maximum atomic E-state index is 13.7. The zero-order valence-electron chi connectivity index (χ0n) is 14.4. The van der Waals surface area contributed by atoms with Gasteiger partial charge in [0.05, 0.1) is 18.2 Å². The molecule has 0 aliphatic rings. The summed E-state index contributed by atoms with van der Waals surface area (Å²) in [6, 6.07) is 13.7. The molecule has 0 unspecified atom stereocenters. The number of hydrogen-bond donors (Lipinski definition) is 0. The Morgan fingerprint density at radius 2 is 2.00 bits per heavy atom. The molecule has 3 aromatic rings. The molecule has 0 N–H and O–H groups in total. The first-order valence-corrected chi connectivity index (χ1v) is 9.15. The molecule has 27 heavy (non-hydrogen) atoms. The number of aryl methyl sites for hydroxylation is 1. The van der Waals surface area contributed by atoms with Crippen molar-refractivity contribution in [3.8, 4) is 17.1 Å². The predicted molar refractivity (Wildman–Crippen MR) is 101 cm³/mol. The molecule has 0 amide bonds. The zero-order valence-corrected chi connectivity index (χ0v) is 15.9. The largest absolute Gasteiger partial charge is 0.490 e. The molecule has 0 atom stereocenters.